The van der Waals surface area contributed by atoms with Gasteiger partial charge in [-0.2, -0.15) is 23.3 Å². The minimum Gasteiger partial charge on any atom is -0.378 e. The van der Waals surface area contributed by atoms with Gasteiger partial charge in [0.2, 0.25) is 0 Å². The Labute approximate surface area is 164 Å². The number of amides is 1. The van der Waals surface area contributed by atoms with Gasteiger partial charge in [-0.15, -0.1) is 0 Å². The number of halogens is 4. The average molecular weight is 412 g/mol. The van der Waals surface area contributed by atoms with Crippen LogP contribution in [0.25, 0.3) is 0 Å². The van der Waals surface area contributed by atoms with Gasteiger partial charge in [0.15, 0.2) is 0 Å². The number of alkyl halides is 3. The maximum Gasteiger partial charge on any atom is 0.438 e. The highest BCUT2D eigenvalue weighted by atomic mass is 35.5. The first kappa shape index (κ1) is 20.2. The quantitative estimate of drug-likeness (QED) is 0.833. The molecule has 3 rings (SSSR count). The van der Waals surface area contributed by atoms with Crippen molar-refractivity contribution in [1.82, 2.24) is 5.01 Å². The number of nitrogens with zero attached hydrogens (tertiary/aromatic N) is 3. The van der Waals surface area contributed by atoms with Gasteiger partial charge in [-0.3, -0.25) is 4.79 Å². The summed E-state index contributed by atoms with van der Waals surface area (Å²) in [6, 6.07) is 11.9. The zero-order chi connectivity index (χ0) is 20.7. The van der Waals surface area contributed by atoms with Gasteiger partial charge in [0.1, 0.15) is 0 Å². The molecule has 0 spiro atoms. The molecule has 0 saturated carbocycles. The fourth-order valence-corrected chi connectivity index (χ4v) is 2.93. The van der Waals surface area contributed by atoms with Gasteiger partial charge in [0, 0.05) is 30.4 Å². The molecule has 28 heavy (non-hydrogen) atoms. The van der Waals surface area contributed by atoms with Crippen LogP contribution in [0.15, 0.2) is 53.6 Å². The van der Waals surface area contributed by atoms with Crippen LogP contribution < -0.4 is 4.90 Å². The number of carbonyl (C=O) groups excluding carboxylic acids is 1. The first-order valence-electron chi connectivity index (χ1n) is 8.27. The Morgan fingerprint density at radius 3 is 2.21 bits per heavy atom. The standard InChI is InChI=1S/C19H17ClF3N3O2/c1-25(2)15-9-5-13(6-10-15)17(27)26-18(28,19(21,22)23)11-16(24-26)12-3-7-14(20)8-4-12/h3-10,28H,11H2,1-2H3. The van der Waals surface area contributed by atoms with Crippen molar-refractivity contribution in [2.45, 2.75) is 18.3 Å². The van der Waals surface area contributed by atoms with Crippen molar-refractivity contribution in [3.8, 4) is 0 Å². The molecule has 1 unspecified atom stereocenters. The summed E-state index contributed by atoms with van der Waals surface area (Å²) in [5, 5.41) is 14.7. The molecule has 148 valence electrons. The van der Waals surface area contributed by atoms with E-state index in [1.165, 1.54) is 36.4 Å². The molecule has 1 aliphatic heterocycles. The third-order valence-electron chi connectivity index (χ3n) is 4.44. The maximum absolute atomic E-state index is 13.6. The molecule has 0 radical (unpaired) electrons. The summed E-state index contributed by atoms with van der Waals surface area (Å²) in [5.41, 5.74) is -2.40. The predicted molar refractivity (Wildman–Crippen MR) is 101 cm³/mol. The molecule has 1 N–H and O–H groups in total. The van der Waals surface area contributed by atoms with Crippen LogP contribution in [0.4, 0.5) is 18.9 Å². The molecule has 2 aromatic carbocycles. The second-order valence-corrected chi connectivity index (χ2v) is 7.04. The Morgan fingerprint density at radius 2 is 1.71 bits per heavy atom. The third-order valence-corrected chi connectivity index (χ3v) is 4.69. The van der Waals surface area contributed by atoms with Gasteiger partial charge in [0.25, 0.3) is 11.6 Å². The molecular weight excluding hydrogens is 395 g/mol. The van der Waals surface area contributed by atoms with E-state index in [2.05, 4.69) is 5.10 Å². The lowest BCUT2D eigenvalue weighted by Gasteiger charge is -2.32. The molecule has 9 heteroatoms. The number of anilines is 1. The zero-order valence-electron chi connectivity index (χ0n) is 15.0. The van der Waals surface area contributed by atoms with Gasteiger partial charge in [-0.05, 0) is 42.0 Å². The topological polar surface area (TPSA) is 56.1 Å². The molecule has 1 amide bonds. The lowest BCUT2D eigenvalue weighted by Crippen LogP contribution is -2.56. The van der Waals surface area contributed by atoms with Crippen LogP contribution in [0, 0.1) is 0 Å². The van der Waals surface area contributed by atoms with Crippen LogP contribution in [0.5, 0.6) is 0 Å². The van der Waals surface area contributed by atoms with Gasteiger partial charge in [0.05, 0.1) is 12.1 Å². The van der Waals surface area contributed by atoms with Crippen molar-refractivity contribution >= 4 is 28.9 Å². The molecule has 1 aliphatic rings. The largest absolute Gasteiger partial charge is 0.438 e. The van der Waals surface area contributed by atoms with E-state index in [0.29, 0.717) is 10.6 Å². The molecular formula is C19H17ClF3N3O2. The lowest BCUT2D eigenvalue weighted by atomic mass is 10.0. The molecule has 5 nitrogen and oxygen atoms in total. The highest BCUT2D eigenvalue weighted by molar-refractivity contribution is 6.30. The number of benzene rings is 2. The number of hydrazone groups is 1. The molecule has 0 fully saturated rings. The fourth-order valence-electron chi connectivity index (χ4n) is 2.81. The zero-order valence-corrected chi connectivity index (χ0v) is 15.8. The van der Waals surface area contributed by atoms with Crippen LogP contribution in [-0.4, -0.2) is 47.7 Å². The van der Waals surface area contributed by atoms with Crippen LogP contribution in [0.3, 0.4) is 0 Å². The highest BCUT2D eigenvalue weighted by Crippen LogP contribution is 2.42. The summed E-state index contributed by atoms with van der Waals surface area (Å²) < 4.78 is 40.9. The summed E-state index contributed by atoms with van der Waals surface area (Å²) >= 11 is 5.80. The van der Waals surface area contributed by atoms with E-state index in [4.69, 9.17) is 11.6 Å². The second kappa shape index (κ2) is 7.10. The predicted octanol–water partition coefficient (Wildman–Crippen LogP) is 3.91. The minimum atomic E-state index is -5.09. The number of hydrogen-bond acceptors (Lipinski definition) is 4. The highest BCUT2D eigenvalue weighted by Gasteiger charge is 2.63. The van der Waals surface area contributed by atoms with Crippen molar-refractivity contribution in [3.05, 3.63) is 64.7 Å². The molecule has 0 bridgehead atoms. The van der Waals surface area contributed by atoms with Gasteiger partial charge < -0.3 is 10.0 Å². The summed E-state index contributed by atoms with van der Waals surface area (Å²) in [6.45, 7) is 0. The Kier molecular flexibility index (Phi) is 5.12. The summed E-state index contributed by atoms with van der Waals surface area (Å²) in [6.07, 6.45) is -5.97. The first-order chi connectivity index (χ1) is 13.0. The summed E-state index contributed by atoms with van der Waals surface area (Å²) in [4.78, 5) is 14.5. The van der Waals surface area contributed by atoms with Crippen molar-refractivity contribution in [1.29, 1.82) is 0 Å². The smallest absolute Gasteiger partial charge is 0.378 e. The number of aliphatic hydroxyl groups is 1. The maximum atomic E-state index is 13.6. The number of carbonyl (C=O) groups is 1. The Hall–Kier alpha value is -2.58. The summed E-state index contributed by atoms with van der Waals surface area (Å²) in [5.74, 6) is -1.05. The van der Waals surface area contributed by atoms with E-state index in [1.807, 2.05) is 0 Å². The summed E-state index contributed by atoms with van der Waals surface area (Å²) in [7, 11) is 3.59. The van der Waals surface area contributed by atoms with E-state index in [9.17, 15) is 23.1 Å². The van der Waals surface area contributed by atoms with Gasteiger partial charge >= 0.3 is 6.18 Å². The SMILES string of the molecule is CN(C)c1ccc(C(=O)N2N=C(c3ccc(Cl)cc3)CC2(O)C(F)(F)F)cc1. The van der Waals surface area contributed by atoms with Crippen LogP contribution >= 0.6 is 11.6 Å². The van der Waals surface area contributed by atoms with E-state index < -0.39 is 24.2 Å². The first-order valence-corrected chi connectivity index (χ1v) is 8.65. The Bertz CT molecular complexity index is 912. The second-order valence-electron chi connectivity index (χ2n) is 6.60. The van der Waals surface area contributed by atoms with E-state index in [1.54, 1.807) is 31.1 Å². The van der Waals surface area contributed by atoms with Crippen LogP contribution in [-0.2, 0) is 0 Å². The lowest BCUT2D eigenvalue weighted by molar-refractivity contribution is -0.297. The minimum absolute atomic E-state index is 0.0191. The molecule has 0 saturated heterocycles. The van der Waals surface area contributed by atoms with Crippen LogP contribution in [0.2, 0.25) is 5.02 Å². The molecule has 2 aromatic rings. The average Bonchev–Trinajstić information content (AvgIpc) is 3.00. The number of rotatable bonds is 3. The van der Waals surface area contributed by atoms with Crippen molar-refractivity contribution < 1.29 is 23.1 Å². The van der Waals surface area contributed by atoms with Gasteiger partial charge in [-0.1, -0.05) is 23.7 Å². The normalized spacial score (nSPS) is 19.5. The van der Waals surface area contributed by atoms with Crippen molar-refractivity contribution in [2.75, 3.05) is 19.0 Å². The molecule has 1 heterocycles. The number of hydrogen-bond donors (Lipinski definition) is 1. The van der Waals surface area contributed by atoms with E-state index in [-0.39, 0.29) is 16.3 Å². The molecule has 0 aliphatic carbocycles. The van der Waals surface area contributed by atoms with Crippen molar-refractivity contribution in [3.63, 3.8) is 0 Å². The van der Waals surface area contributed by atoms with Gasteiger partial charge in [-0.25, -0.2) is 0 Å². The molecule has 0 aromatic heterocycles. The Morgan fingerprint density at radius 1 is 1.14 bits per heavy atom. The monoisotopic (exact) mass is 411 g/mol. The third kappa shape index (κ3) is 3.57. The van der Waals surface area contributed by atoms with Crippen LogP contribution in [0.1, 0.15) is 22.3 Å². The van der Waals surface area contributed by atoms with E-state index >= 15 is 0 Å². The van der Waals surface area contributed by atoms with Crippen molar-refractivity contribution in [2.24, 2.45) is 5.10 Å². The molecule has 1 atom stereocenters. The van der Waals surface area contributed by atoms with E-state index in [0.717, 1.165) is 5.69 Å². The fraction of sp³-hybridized carbons (Fsp3) is 0.263. The Balaban J connectivity index is 2.00.